The Morgan fingerprint density at radius 2 is 1.86 bits per heavy atom. The van der Waals surface area contributed by atoms with Crippen molar-refractivity contribution in [2.75, 3.05) is 13.1 Å². The van der Waals surface area contributed by atoms with Crippen LogP contribution < -0.4 is 10.1 Å². The Hall–Kier alpha value is -0.720. The van der Waals surface area contributed by atoms with E-state index in [1.807, 2.05) is 0 Å². The topological polar surface area (TPSA) is 21.3 Å². The van der Waals surface area contributed by atoms with Crippen LogP contribution >= 0.6 is 24.0 Å². The number of hydrogen-bond donors (Lipinski definition) is 1. The second kappa shape index (κ2) is 7.51. The first kappa shape index (κ1) is 18.3. The number of piperidine rings is 1. The fraction of sp³-hybridized carbons (Fsp3) is 0.538. The summed E-state index contributed by atoms with van der Waals surface area (Å²) in [6.45, 7) is 1.05. The summed E-state index contributed by atoms with van der Waals surface area (Å²) in [5.41, 5.74) is 0. The van der Waals surface area contributed by atoms with E-state index < -0.39 is 24.0 Å². The Morgan fingerprint density at radius 3 is 2.38 bits per heavy atom. The third kappa shape index (κ3) is 4.90. The Bertz CT molecular complexity index is 464. The van der Waals surface area contributed by atoms with Gasteiger partial charge in [-0.05, 0) is 44.1 Å². The number of halogens is 6. The molecule has 1 aliphatic heterocycles. The third-order valence-electron chi connectivity index (χ3n) is 3.28. The predicted octanol–water partition coefficient (Wildman–Crippen LogP) is 4.21. The van der Waals surface area contributed by atoms with Crippen molar-refractivity contribution in [3.63, 3.8) is 0 Å². The van der Waals surface area contributed by atoms with E-state index in [2.05, 4.69) is 5.32 Å². The van der Waals surface area contributed by atoms with E-state index in [1.165, 1.54) is 0 Å². The summed E-state index contributed by atoms with van der Waals surface area (Å²) < 4.78 is 57.4. The predicted molar refractivity (Wildman–Crippen MR) is 74.7 cm³/mol. The molecule has 0 spiro atoms. The molecule has 1 unspecified atom stereocenters. The number of benzene rings is 1. The summed E-state index contributed by atoms with van der Waals surface area (Å²) in [7, 11) is 0. The molecule has 1 atom stereocenters. The minimum atomic E-state index is -4.49. The van der Waals surface area contributed by atoms with Gasteiger partial charge in [0.2, 0.25) is 0 Å². The van der Waals surface area contributed by atoms with E-state index in [0.717, 1.165) is 18.2 Å². The van der Waals surface area contributed by atoms with Gasteiger partial charge in [0.15, 0.2) is 6.10 Å². The highest BCUT2D eigenvalue weighted by molar-refractivity contribution is 6.32. The van der Waals surface area contributed by atoms with Gasteiger partial charge in [0.25, 0.3) is 0 Å². The molecule has 0 aromatic heterocycles. The second-order valence-electron chi connectivity index (χ2n) is 4.74. The molecule has 120 valence electrons. The van der Waals surface area contributed by atoms with Crippen molar-refractivity contribution in [3.8, 4) is 5.75 Å². The molecular formula is C13H15Cl2F4NO. The average molecular weight is 348 g/mol. The van der Waals surface area contributed by atoms with Crippen LogP contribution in [0.1, 0.15) is 12.8 Å². The van der Waals surface area contributed by atoms with Gasteiger partial charge >= 0.3 is 6.18 Å². The van der Waals surface area contributed by atoms with Crippen molar-refractivity contribution in [2.45, 2.75) is 25.1 Å². The van der Waals surface area contributed by atoms with Crippen LogP contribution in [0.3, 0.4) is 0 Å². The van der Waals surface area contributed by atoms with E-state index >= 15 is 0 Å². The highest BCUT2D eigenvalue weighted by atomic mass is 35.5. The van der Waals surface area contributed by atoms with Crippen molar-refractivity contribution < 1.29 is 22.3 Å². The SMILES string of the molecule is Cl.Fc1ccc(OC(C2CCNCC2)C(F)(F)F)c(Cl)c1. The van der Waals surface area contributed by atoms with Crippen LogP contribution in [0.2, 0.25) is 5.02 Å². The van der Waals surface area contributed by atoms with Crippen LogP contribution in [-0.4, -0.2) is 25.4 Å². The van der Waals surface area contributed by atoms with Gasteiger partial charge in [-0.25, -0.2) is 4.39 Å². The molecule has 0 aliphatic carbocycles. The molecular weight excluding hydrogens is 333 g/mol. The molecule has 0 bridgehead atoms. The van der Waals surface area contributed by atoms with E-state index in [-0.39, 0.29) is 23.2 Å². The minimum Gasteiger partial charge on any atom is -0.479 e. The maximum Gasteiger partial charge on any atom is 0.425 e. The molecule has 0 radical (unpaired) electrons. The van der Waals surface area contributed by atoms with E-state index in [9.17, 15) is 17.6 Å². The highest BCUT2D eigenvalue weighted by Crippen LogP contribution is 2.36. The molecule has 0 amide bonds. The number of alkyl halides is 3. The second-order valence-corrected chi connectivity index (χ2v) is 5.15. The van der Waals surface area contributed by atoms with Crippen molar-refractivity contribution in [3.05, 3.63) is 29.0 Å². The quantitative estimate of drug-likeness (QED) is 0.827. The van der Waals surface area contributed by atoms with Crippen LogP contribution in [0.25, 0.3) is 0 Å². The molecule has 2 rings (SSSR count). The first-order valence-electron chi connectivity index (χ1n) is 6.27. The lowest BCUT2D eigenvalue weighted by Gasteiger charge is -2.32. The van der Waals surface area contributed by atoms with Gasteiger partial charge in [-0.2, -0.15) is 13.2 Å². The monoisotopic (exact) mass is 347 g/mol. The van der Waals surface area contributed by atoms with E-state index in [4.69, 9.17) is 16.3 Å². The van der Waals surface area contributed by atoms with Crippen molar-refractivity contribution in [1.82, 2.24) is 5.32 Å². The molecule has 1 fully saturated rings. The average Bonchev–Trinajstić information content (AvgIpc) is 2.37. The number of nitrogens with one attached hydrogen (secondary N) is 1. The van der Waals surface area contributed by atoms with Gasteiger partial charge in [-0.15, -0.1) is 12.4 Å². The van der Waals surface area contributed by atoms with Crippen LogP contribution in [0.4, 0.5) is 17.6 Å². The smallest absolute Gasteiger partial charge is 0.425 e. The molecule has 21 heavy (non-hydrogen) atoms. The third-order valence-corrected chi connectivity index (χ3v) is 3.58. The highest BCUT2D eigenvalue weighted by Gasteiger charge is 2.47. The number of hydrogen-bond acceptors (Lipinski definition) is 2. The van der Waals surface area contributed by atoms with Crippen molar-refractivity contribution >= 4 is 24.0 Å². The van der Waals surface area contributed by atoms with Crippen molar-refractivity contribution in [1.29, 1.82) is 0 Å². The van der Waals surface area contributed by atoms with Gasteiger partial charge in [0, 0.05) is 5.92 Å². The van der Waals surface area contributed by atoms with E-state index in [1.54, 1.807) is 0 Å². The summed E-state index contributed by atoms with van der Waals surface area (Å²) in [5, 5.41) is 2.85. The summed E-state index contributed by atoms with van der Waals surface area (Å²) in [5.74, 6) is -1.39. The Labute approximate surface area is 131 Å². The van der Waals surface area contributed by atoms with Crippen LogP contribution in [0.5, 0.6) is 5.75 Å². The minimum absolute atomic E-state index is 0. The van der Waals surface area contributed by atoms with Crippen LogP contribution in [-0.2, 0) is 0 Å². The lowest BCUT2D eigenvalue weighted by atomic mass is 9.91. The summed E-state index contributed by atoms with van der Waals surface area (Å²) in [6, 6.07) is 3.08. The fourth-order valence-electron chi connectivity index (χ4n) is 2.28. The van der Waals surface area contributed by atoms with Gasteiger partial charge in [-0.1, -0.05) is 11.6 Å². The number of rotatable bonds is 3. The molecule has 1 aliphatic rings. The van der Waals surface area contributed by atoms with Gasteiger partial charge in [0.05, 0.1) is 5.02 Å². The molecule has 1 aromatic rings. The number of ether oxygens (including phenoxy) is 1. The molecule has 1 heterocycles. The summed E-state index contributed by atoms with van der Waals surface area (Å²) >= 11 is 5.72. The summed E-state index contributed by atoms with van der Waals surface area (Å²) in [6.07, 6.45) is -5.65. The van der Waals surface area contributed by atoms with Gasteiger partial charge < -0.3 is 10.1 Å². The molecule has 1 saturated heterocycles. The van der Waals surface area contributed by atoms with E-state index in [0.29, 0.717) is 25.9 Å². The molecule has 8 heteroatoms. The Morgan fingerprint density at radius 1 is 1.24 bits per heavy atom. The maximum atomic E-state index is 13.1. The first-order valence-corrected chi connectivity index (χ1v) is 6.65. The Balaban J connectivity index is 0.00000220. The normalized spacial score (nSPS) is 18.0. The van der Waals surface area contributed by atoms with Crippen LogP contribution in [0.15, 0.2) is 18.2 Å². The first-order chi connectivity index (χ1) is 9.38. The summed E-state index contributed by atoms with van der Waals surface area (Å²) in [4.78, 5) is 0. The zero-order chi connectivity index (χ0) is 14.8. The molecule has 0 saturated carbocycles. The Kier molecular flexibility index (Phi) is 6.56. The lowest BCUT2D eigenvalue weighted by molar-refractivity contribution is -0.212. The van der Waals surface area contributed by atoms with Gasteiger partial charge in [0.1, 0.15) is 11.6 Å². The van der Waals surface area contributed by atoms with Crippen molar-refractivity contribution in [2.24, 2.45) is 5.92 Å². The standard InChI is InChI=1S/C13H14ClF4NO.ClH/c14-10-7-9(15)1-2-11(10)20-12(13(16,17)18)8-3-5-19-6-4-8;/h1-2,7-8,12,19H,3-6H2;1H. The zero-order valence-electron chi connectivity index (χ0n) is 10.9. The molecule has 1 aromatic carbocycles. The van der Waals surface area contributed by atoms with Crippen LogP contribution in [0, 0.1) is 11.7 Å². The lowest BCUT2D eigenvalue weighted by Crippen LogP contribution is -2.45. The largest absolute Gasteiger partial charge is 0.479 e. The fourth-order valence-corrected chi connectivity index (χ4v) is 2.50. The maximum absolute atomic E-state index is 13.1. The molecule has 2 nitrogen and oxygen atoms in total. The zero-order valence-corrected chi connectivity index (χ0v) is 12.5. The van der Waals surface area contributed by atoms with Gasteiger partial charge in [-0.3, -0.25) is 0 Å². The molecule has 1 N–H and O–H groups in total.